The molecular weight excluding hydrogens is 403 g/mol. The number of methoxy groups -OCH3 is 2. The third kappa shape index (κ3) is 3.84. The minimum absolute atomic E-state index is 0.260. The van der Waals surface area contributed by atoms with Gasteiger partial charge in [-0.1, -0.05) is 47.7 Å². The number of rotatable bonds is 6. The number of hydrogen-bond donors (Lipinski definition) is 0. The van der Waals surface area contributed by atoms with Crippen LogP contribution in [0.15, 0.2) is 66.7 Å². The molecule has 0 N–H and O–H groups in total. The van der Waals surface area contributed by atoms with Crippen molar-refractivity contribution >= 4 is 32.6 Å². The van der Waals surface area contributed by atoms with Crippen LogP contribution in [0.3, 0.4) is 0 Å². The van der Waals surface area contributed by atoms with Crippen LogP contribution in [0.25, 0.3) is 10.2 Å². The molecule has 7 heteroatoms. The van der Waals surface area contributed by atoms with Crippen molar-refractivity contribution in [2.24, 2.45) is 0 Å². The Kier molecular flexibility index (Phi) is 5.63. The first kappa shape index (κ1) is 19.8. The Morgan fingerprint density at radius 2 is 1.77 bits per heavy atom. The summed E-state index contributed by atoms with van der Waals surface area (Å²) >= 11 is 1.28. The number of para-hydroxylation sites is 1. The first-order chi connectivity index (χ1) is 14.6. The van der Waals surface area contributed by atoms with Gasteiger partial charge >= 0.3 is 0 Å². The molecule has 5 nitrogen and oxygen atoms in total. The zero-order valence-corrected chi connectivity index (χ0v) is 17.3. The lowest BCUT2D eigenvalue weighted by atomic mass is 10.1. The summed E-state index contributed by atoms with van der Waals surface area (Å²) in [5, 5.41) is 0.429. The van der Waals surface area contributed by atoms with Crippen molar-refractivity contribution in [3.8, 4) is 11.5 Å². The van der Waals surface area contributed by atoms with Crippen LogP contribution in [0.4, 0.5) is 9.52 Å². The van der Waals surface area contributed by atoms with Gasteiger partial charge in [0.1, 0.15) is 11.3 Å². The molecule has 0 atom stereocenters. The molecule has 4 aromatic rings. The molecule has 4 rings (SSSR count). The topological polar surface area (TPSA) is 51.7 Å². The maximum Gasteiger partial charge on any atom is 0.260 e. The summed E-state index contributed by atoms with van der Waals surface area (Å²) in [6, 6.07) is 19.4. The average molecular weight is 422 g/mol. The van der Waals surface area contributed by atoms with Crippen LogP contribution in [0.5, 0.6) is 11.5 Å². The van der Waals surface area contributed by atoms with Crippen LogP contribution >= 0.6 is 11.3 Å². The fourth-order valence-electron chi connectivity index (χ4n) is 3.14. The predicted octanol–water partition coefficient (Wildman–Crippen LogP) is 5.30. The molecule has 0 saturated heterocycles. The van der Waals surface area contributed by atoms with Crippen molar-refractivity contribution in [1.82, 2.24) is 4.98 Å². The van der Waals surface area contributed by atoms with Crippen molar-refractivity contribution < 1.29 is 18.7 Å². The Balaban J connectivity index is 1.78. The van der Waals surface area contributed by atoms with E-state index in [0.717, 1.165) is 5.56 Å². The maximum absolute atomic E-state index is 14.2. The summed E-state index contributed by atoms with van der Waals surface area (Å²) in [5.74, 6) is 0.316. The Hall–Kier alpha value is -3.45. The van der Waals surface area contributed by atoms with Crippen molar-refractivity contribution in [1.29, 1.82) is 0 Å². The smallest absolute Gasteiger partial charge is 0.260 e. The predicted molar refractivity (Wildman–Crippen MR) is 116 cm³/mol. The van der Waals surface area contributed by atoms with Crippen molar-refractivity contribution in [3.63, 3.8) is 0 Å². The number of benzene rings is 3. The van der Waals surface area contributed by atoms with Gasteiger partial charge in [0.15, 0.2) is 16.6 Å². The molecule has 0 spiro atoms. The lowest BCUT2D eigenvalue weighted by Gasteiger charge is -2.20. The van der Waals surface area contributed by atoms with Crippen molar-refractivity contribution in [3.05, 3.63) is 83.7 Å². The number of ether oxygens (including phenoxy) is 2. The van der Waals surface area contributed by atoms with Crippen LogP contribution in [0.1, 0.15) is 15.9 Å². The monoisotopic (exact) mass is 422 g/mol. The Morgan fingerprint density at radius 1 is 1.00 bits per heavy atom. The first-order valence-corrected chi connectivity index (χ1v) is 10.0. The standard InChI is InChI=1S/C23H19FN2O3S/c1-28-18-12-11-16(13-19(18)29-2)22(27)26(14-15-7-4-3-5-8-15)23-25-21-17(24)9-6-10-20(21)30-23/h3-13H,14H2,1-2H3. The second-order valence-electron chi connectivity index (χ2n) is 6.53. The van der Waals surface area contributed by atoms with E-state index in [2.05, 4.69) is 4.98 Å². The SMILES string of the molecule is COc1ccc(C(=O)N(Cc2ccccc2)c2nc3c(F)cccc3s2)cc1OC. The summed E-state index contributed by atoms with van der Waals surface area (Å²) < 4.78 is 25.5. The van der Waals surface area contributed by atoms with Gasteiger partial charge in [0.25, 0.3) is 5.91 Å². The van der Waals surface area contributed by atoms with Gasteiger partial charge in [-0.3, -0.25) is 9.69 Å². The van der Waals surface area contributed by atoms with Gasteiger partial charge in [0, 0.05) is 5.56 Å². The summed E-state index contributed by atoms with van der Waals surface area (Å²) in [4.78, 5) is 19.5. The lowest BCUT2D eigenvalue weighted by molar-refractivity contribution is 0.0984. The molecular formula is C23H19FN2O3S. The van der Waals surface area contributed by atoms with Gasteiger partial charge in [-0.25, -0.2) is 9.37 Å². The Morgan fingerprint density at radius 3 is 2.47 bits per heavy atom. The number of nitrogens with zero attached hydrogens (tertiary/aromatic N) is 2. The molecule has 0 radical (unpaired) electrons. The number of aromatic nitrogens is 1. The molecule has 0 aliphatic rings. The molecule has 1 amide bonds. The molecule has 0 saturated carbocycles. The Labute approximate surface area is 177 Å². The fraction of sp³-hybridized carbons (Fsp3) is 0.130. The second kappa shape index (κ2) is 8.51. The highest BCUT2D eigenvalue weighted by molar-refractivity contribution is 7.22. The maximum atomic E-state index is 14.2. The van der Waals surface area contributed by atoms with Gasteiger partial charge in [-0.2, -0.15) is 0 Å². The fourth-order valence-corrected chi connectivity index (χ4v) is 4.11. The van der Waals surface area contributed by atoms with Gasteiger partial charge in [0.2, 0.25) is 0 Å². The lowest BCUT2D eigenvalue weighted by Crippen LogP contribution is -2.30. The van der Waals surface area contributed by atoms with Crippen LogP contribution in [0, 0.1) is 5.82 Å². The van der Waals surface area contributed by atoms with Gasteiger partial charge < -0.3 is 9.47 Å². The van der Waals surface area contributed by atoms with Crippen molar-refractivity contribution in [2.75, 3.05) is 19.1 Å². The molecule has 0 unspecified atom stereocenters. The molecule has 152 valence electrons. The number of halogens is 1. The van der Waals surface area contributed by atoms with Crippen LogP contribution in [-0.4, -0.2) is 25.1 Å². The molecule has 0 bridgehead atoms. The van der Waals surface area contributed by atoms with Crippen LogP contribution < -0.4 is 14.4 Å². The van der Waals surface area contributed by atoms with Gasteiger partial charge in [-0.05, 0) is 35.9 Å². The van der Waals surface area contributed by atoms with Crippen LogP contribution in [-0.2, 0) is 6.54 Å². The zero-order chi connectivity index (χ0) is 21.1. The number of anilines is 1. The van der Waals surface area contributed by atoms with E-state index < -0.39 is 5.82 Å². The quantitative estimate of drug-likeness (QED) is 0.423. The highest BCUT2D eigenvalue weighted by atomic mass is 32.1. The van der Waals surface area contributed by atoms with E-state index in [0.29, 0.717) is 33.4 Å². The van der Waals surface area contributed by atoms with E-state index in [9.17, 15) is 9.18 Å². The minimum atomic E-state index is -0.409. The summed E-state index contributed by atoms with van der Waals surface area (Å²) in [6.07, 6.45) is 0. The van der Waals surface area contributed by atoms with E-state index >= 15 is 0 Å². The average Bonchev–Trinajstić information content (AvgIpc) is 3.22. The number of amides is 1. The Bertz CT molecular complexity index is 1190. The first-order valence-electron chi connectivity index (χ1n) is 9.23. The summed E-state index contributed by atoms with van der Waals surface area (Å²) in [5.41, 5.74) is 1.62. The highest BCUT2D eigenvalue weighted by Gasteiger charge is 2.23. The van der Waals surface area contributed by atoms with E-state index in [1.165, 1.54) is 31.6 Å². The molecule has 0 aliphatic heterocycles. The normalized spacial score (nSPS) is 10.8. The molecule has 1 heterocycles. The number of thiazole rings is 1. The van der Waals surface area contributed by atoms with E-state index in [-0.39, 0.29) is 11.4 Å². The van der Waals surface area contributed by atoms with E-state index in [1.807, 2.05) is 30.3 Å². The molecule has 1 aromatic heterocycles. The summed E-state index contributed by atoms with van der Waals surface area (Å²) in [7, 11) is 3.06. The third-order valence-corrected chi connectivity index (χ3v) is 5.69. The largest absolute Gasteiger partial charge is 0.493 e. The number of hydrogen-bond acceptors (Lipinski definition) is 5. The highest BCUT2D eigenvalue weighted by Crippen LogP contribution is 2.33. The minimum Gasteiger partial charge on any atom is -0.493 e. The van der Waals surface area contributed by atoms with Gasteiger partial charge in [0.05, 0.1) is 25.5 Å². The van der Waals surface area contributed by atoms with Crippen molar-refractivity contribution in [2.45, 2.75) is 6.54 Å². The number of fused-ring (bicyclic) bond motifs is 1. The molecule has 30 heavy (non-hydrogen) atoms. The third-order valence-electron chi connectivity index (χ3n) is 4.65. The number of carbonyl (C=O) groups is 1. The molecule has 0 aliphatic carbocycles. The molecule has 0 fully saturated rings. The van der Waals surface area contributed by atoms with E-state index in [1.54, 1.807) is 35.2 Å². The van der Waals surface area contributed by atoms with Gasteiger partial charge in [-0.15, -0.1) is 0 Å². The summed E-state index contributed by atoms with van der Waals surface area (Å²) in [6.45, 7) is 0.301. The molecule has 3 aromatic carbocycles. The van der Waals surface area contributed by atoms with E-state index in [4.69, 9.17) is 9.47 Å². The zero-order valence-electron chi connectivity index (χ0n) is 16.5. The number of carbonyl (C=O) groups excluding carboxylic acids is 1. The van der Waals surface area contributed by atoms with Crippen LogP contribution in [0.2, 0.25) is 0 Å². The second-order valence-corrected chi connectivity index (χ2v) is 7.54.